The molecule has 0 bridgehead atoms. The van der Waals surface area contributed by atoms with Crippen LogP contribution in [-0.4, -0.2) is 58.6 Å². The Kier molecular flexibility index (Phi) is 7.20. The van der Waals surface area contributed by atoms with Gasteiger partial charge in [-0.1, -0.05) is 36.5 Å². The second-order valence-corrected chi connectivity index (χ2v) is 11.1. The van der Waals surface area contributed by atoms with E-state index in [9.17, 15) is 23.6 Å². The van der Waals surface area contributed by atoms with E-state index in [1.807, 2.05) is 0 Å². The Morgan fingerprint density at radius 2 is 2.00 bits per heavy atom. The Balaban J connectivity index is 1.41. The smallest absolute Gasteiger partial charge is 0.271 e. The third-order valence-corrected chi connectivity index (χ3v) is 8.83. The molecular formula is C26H29Cl2FN4O4. The minimum Gasteiger partial charge on any atom is -0.356 e. The predicted molar refractivity (Wildman–Crippen MR) is 137 cm³/mol. The fourth-order valence-corrected chi connectivity index (χ4v) is 6.69. The number of carbonyl (C=O) groups is 4. The number of hydrogen-bond donors (Lipinski definition) is 3. The van der Waals surface area contributed by atoms with Gasteiger partial charge in [-0.05, 0) is 49.7 Å². The Labute approximate surface area is 223 Å². The molecule has 1 aliphatic carbocycles. The second kappa shape index (κ2) is 10.3. The quantitative estimate of drug-likeness (QED) is 0.454. The van der Waals surface area contributed by atoms with Gasteiger partial charge >= 0.3 is 0 Å². The first kappa shape index (κ1) is 26.0. The van der Waals surface area contributed by atoms with Gasteiger partial charge in [0.05, 0.1) is 21.6 Å². The number of rotatable bonds is 7. The number of hydrogen-bond acceptors (Lipinski definition) is 4. The molecule has 1 aromatic heterocycles. The zero-order valence-corrected chi connectivity index (χ0v) is 21.9. The molecule has 3 fully saturated rings. The molecule has 2 aliphatic heterocycles. The van der Waals surface area contributed by atoms with Crippen LogP contribution in [0.2, 0.25) is 10.0 Å². The number of halogens is 3. The van der Waals surface area contributed by atoms with Crippen LogP contribution in [0.15, 0.2) is 12.1 Å². The molecule has 5 rings (SSSR count). The van der Waals surface area contributed by atoms with Crippen LogP contribution >= 0.6 is 23.2 Å². The lowest BCUT2D eigenvalue weighted by molar-refractivity contribution is -0.132. The van der Waals surface area contributed by atoms with Gasteiger partial charge < -0.3 is 20.5 Å². The third kappa shape index (κ3) is 4.72. The average Bonchev–Trinajstić information content (AvgIpc) is 3.65. The number of amides is 3. The molecule has 3 N–H and O–H groups in total. The normalized spacial score (nSPS) is 25.8. The molecule has 0 radical (unpaired) electrons. The van der Waals surface area contributed by atoms with E-state index in [1.165, 1.54) is 6.07 Å². The highest BCUT2D eigenvalue weighted by Crippen LogP contribution is 2.43. The fourth-order valence-electron chi connectivity index (χ4n) is 6.24. The molecule has 1 aromatic carbocycles. The Hall–Kier alpha value is -2.65. The number of nitrogens with one attached hydrogen (secondary N) is 3. The molecule has 198 valence electrons. The van der Waals surface area contributed by atoms with Gasteiger partial charge in [0.25, 0.3) is 5.91 Å². The number of benzene rings is 1. The zero-order valence-electron chi connectivity index (χ0n) is 20.4. The largest absolute Gasteiger partial charge is 0.356 e. The van der Waals surface area contributed by atoms with E-state index in [0.29, 0.717) is 30.4 Å². The molecule has 8 nitrogen and oxygen atoms in total. The molecule has 5 unspecified atom stereocenters. The summed E-state index contributed by atoms with van der Waals surface area (Å²) in [5.41, 5.74) is 0.506. The van der Waals surface area contributed by atoms with Crippen molar-refractivity contribution in [2.24, 2.45) is 17.8 Å². The first-order valence-electron chi connectivity index (χ1n) is 12.8. The lowest BCUT2D eigenvalue weighted by atomic mass is 9.91. The van der Waals surface area contributed by atoms with Crippen molar-refractivity contribution in [3.05, 3.63) is 33.7 Å². The SMILES string of the molecule is CCC(=O)C(CC1CCNC1=O)NC(=O)C1C2CCCC2CN1C(=O)c1cc2c(Cl)c(F)cc(Cl)c2[nH]1. The highest BCUT2D eigenvalue weighted by Gasteiger charge is 2.50. The molecule has 5 atom stereocenters. The summed E-state index contributed by atoms with van der Waals surface area (Å²) in [7, 11) is 0. The minimum absolute atomic E-state index is 0.0230. The molecule has 0 spiro atoms. The van der Waals surface area contributed by atoms with Crippen LogP contribution < -0.4 is 10.6 Å². The van der Waals surface area contributed by atoms with E-state index in [-0.39, 0.29) is 63.9 Å². The number of H-pyrrole nitrogens is 1. The van der Waals surface area contributed by atoms with Crippen LogP contribution in [0.3, 0.4) is 0 Å². The van der Waals surface area contributed by atoms with Crippen molar-refractivity contribution in [3.63, 3.8) is 0 Å². The highest BCUT2D eigenvalue weighted by molar-refractivity contribution is 6.40. The zero-order chi connectivity index (χ0) is 26.4. The van der Waals surface area contributed by atoms with Crippen LogP contribution in [0, 0.1) is 23.6 Å². The number of fused-ring (bicyclic) bond motifs is 2. The minimum atomic E-state index is -0.794. The highest BCUT2D eigenvalue weighted by atomic mass is 35.5. The molecule has 11 heteroatoms. The molecule has 3 heterocycles. The van der Waals surface area contributed by atoms with Gasteiger partial charge in [0, 0.05) is 30.8 Å². The van der Waals surface area contributed by atoms with Crippen molar-refractivity contribution >= 4 is 57.6 Å². The Morgan fingerprint density at radius 3 is 2.70 bits per heavy atom. The van der Waals surface area contributed by atoms with Gasteiger partial charge in [0.2, 0.25) is 11.8 Å². The van der Waals surface area contributed by atoms with E-state index < -0.39 is 23.8 Å². The van der Waals surface area contributed by atoms with Crippen molar-refractivity contribution in [3.8, 4) is 0 Å². The van der Waals surface area contributed by atoms with Crippen molar-refractivity contribution in [1.29, 1.82) is 0 Å². The topological polar surface area (TPSA) is 111 Å². The fraction of sp³-hybridized carbons (Fsp3) is 0.538. The molecule has 1 saturated carbocycles. The summed E-state index contributed by atoms with van der Waals surface area (Å²) >= 11 is 12.3. The summed E-state index contributed by atoms with van der Waals surface area (Å²) in [5, 5.41) is 5.91. The number of ketones is 1. The number of nitrogens with zero attached hydrogens (tertiary/aromatic N) is 1. The first-order valence-corrected chi connectivity index (χ1v) is 13.5. The monoisotopic (exact) mass is 550 g/mol. The maximum Gasteiger partial charge on any atom is 0.271 e. The molecule has 2 saturated heterocycles. The van der Waals surface area contributed by atoms with E-state index in [4.69, 9.17) is 23.2 Å². The van der Waals surface area contributed by atoms with Gasteiger partial charge in [-0.15, -0.1) is 0 Å². The van der Waals surface area contributed by atoms with Gasteiger partial charge in [-0.3, -0.25) is 19.2 Å². The van der Waals surface area contributed by atoms with Crippen molar-refractivity contribution in [2.45, 2.75) is 57.5 Å². The van der Waals surface area contributed by atoms with E-state index >= 15 is 0 Å². The van der Waals surface area contributed by atoms with Crippen molar-refractivity contribution < 1.29 is 23.6 Å². The standard InChI is InChI=1S/C26H29Cl2FN4O4/c1-2-20(34)18(8-12-6-7-30-24(12)35)32-25(36)23-14-5-3-4-13(14)11-33(23)26(37)19-9-15-21(28)17(29)10-16(27)22(15)31-19/h9-10,12-14,18,23,31H,2-8,11H2,1H3,(H,30,35)(H,32,36). The van der Waals surface area contributed by atoms with Crippen LogP contribution in [0.25, 0.3) is 10.9 Å². The van der Waals surface area contributed by atoms with Crippen molar-refractivity contribution in [1.82, 2.24) is 20.5 Å². The van der Waals surface area contributed by atoms with Crippen LogP contribution in [0.4, 0.5) is 4.39 Å². The number of aromatic nitrogens is 1. The predicted octanol–water partition coefficient (Wildman–Crippen LogP) is 3.84. The summed E-state index contributed by atoms with van der Waals surface area (Å²) in [4.78, 5) is 56.7. The lowest BCUT2D eigenvalue weighted by Crippen LogP contribution is -2.53. The van der Waals surface area contributed by atoms with Gasteiger partial charge in [-0.2, -0.15) is 0 Å². The Morgan fingerprint density at radius 1 is 1.22 bits per heavy atom. The molecule has 3 amide bonds. The van der Waals surface area contributed by atoms with Gasteiger partial charge in [-0.25, -0.2) is 4.39 Å². The lowest BCUT2D eigenvalue weighted by Gasteiger charge is -2.29. The summed E-state index contributed by atoms with van der Waals surface area (Å²) in [6, 6.07) is 0.999. The van der Waals surface area contributed by atoms with E-state index in [2.05, 4.69) is 15.6 Å². The second-order valence-electron chi connectivity index (χ2n) is 10.3. The Bertz CT molecular complexity index is 1280. The van der Waals surface area contributed by atoms with E-state index in [1.54, 1.807) is 11.8 Å². The number of aromatic amines is 1. The summed E-state index contributed by atoms with van der Waals surface area (Å²) in [6.07, 6.45) is 3.77. The molecule has 2 aromatic rings. The summed E-state index contributed by atoms with van der Waals surface area (Å²) in [5.74, 6) is -1.91. The number of carbonyl (C=O) groups excluding carboxylic acids is 4. The number of Topliss-reactive ketones (excluding diaryl/α,β-unsaturated/α-hetero) is 1. The van der Waals surface area contributed by atoms with E-state index in [0.717, 1.165) is 25.3 Å². The molecular weight excluding hydrogens is 522 g/mol. The maximum atomic E-state index is 14.1. The average molecular weight is 551 g/mol. The first-order chi connectivity index (χ1) is 17.7. The van der Waals surface area contributed by atoms with Gasteiger partial charge in [0.1, 0.15) is 17.6 Å². The van der Waals surface area contributed by atoms with Crippen molar-refractivity contribution in [2.75, 3.05) is 13.1 Å². The van der Waals surface area contributed by atoms with Gasteiger partial charge in [0.15, 0.2) is 5.78 Å². The molecule has 3 aliphatic rings. The maximum absolute atomic E-state index is 14.1. The van der Waals surface area contributed by atoms with Crippen LogP contribution in [0.1, 0.15) is 55.9 Å². The summed E-state index contributed by atoms with van der Waals surface area (Å²) in [6.45, 7) is 2.69. The number of likely N-dealkylation sites (tertiary alicyclic amines) is 1. The third-order valence-electron chi connectivity index (χ3n) is 8.14. The summed E-state index contributed by atoms with van der Waals surface area (Å²) < 4.78 is 14.1. The van der Waals surface area contributed by atoms with Crippen LogP contribution in [-0.2, 0) is 14.4 Å². The van der Waals surface area contributed by atoms with Crippen LogP contribution in [0.5, 0.6) is 0 Å². The molecule has 37 heavy (non-hydrogen) atoms.